The smallest absolute Gasteiger partial charge is 0.316 e. The zero-order valence-corrected chi connectivity index (χ0v) is 28.2. The van der Waals surface area contributed by atoms with Crippen LogP contribution in [-0.4, -0.2) is 44.3 Å². The van der Waals surface area contributed by atoms with Gasteiger partial charge in [0.1, 0.15) is 33.8 Å². The molecule has 1 aliphatic carbocycles. The van der Waals surface area contributed by atoms with Gasteiger partial charge in [-0.15, -0.1) is 0 Å². The topological polar surface area (TPSA) is 220 Å². The number of hydrogen-bond donors (Lipinski definition) is 6. The third-order valence-corrected chi connectivity index (χ3v) is 9.62. The molecule has 0 bridgehead atoms. The van der Waals surface area contributed by atoms with E-state index in [1.165, 1.54) is 36.4 Å². The van der Waals surface area contributed by atoms with Gasteiger partial charge in [0.2, 0.25) is 0 Å². The fourth-order valence-corrected chi connectivity index (χ4v) is 7.47. The molecule has 1 fully saturated rings. The maximum Gasteiger partial charge on any atom is 0.316 e. The van der Waals surface area contributed by atoms with Gasteiger partial charge in [-0.1, -0.05) is 51.0 Å². The summed E-state index contributed by atoms with van der Waals surface area (Å²) < 4.78 is 12.5. The largest absolute Gasteiger partial charge is 0.481 e. The molecule has 12 nitrogen and oxygen atoms in total. The summed E-state index contributed by atoms with van der Waals surface area (Å²) in [6.07, 6.45) is 1.22. The van der Waals surface area contributed by atoms with Crippen LogP contribution in [0.25, 0.3) is 0 Å². The normalized spacial score (nSPS) is 21.1. The van der Waals surface area contributed by atoms with E-state index < -0.39 is 53.0 Å². The lowest BCUT2D eigenvalue weighted by molar-refractivity contribution is -0.165. The number of anilines is 2. The predicted molar refractivity (Wildman–Crippen MR) is 188 cm³/mol. The molecule has 8 N–H and O–H groups in total. The van der Waals surface area contributed by atoms with Crippen LogP contribution >= 0.6 is 0 Å². The highest BCUT2D eigenvalue weighted by atomic mass is 16.5. The first-order chi connectivity index (χ1) is 24.3. The van der Waals surface area contributed by atoms with Gasteiger partial charge < -0.3 is 41.4 Å². The van der Waals surface area contributed by atoms with Gasteiger partial charge in [-0.3, -0.25) is 19.2 Å². The molecular formula is C39H40N2O10. The summed E-state index contributed by atoms with van der Waals surface area (Å²) in [5.41, 5.74) is 7.57. The quantitative estimate of drug-likeness (QED) is 0.0779. The monoisotopic (exact) mass is 696 g/mol. The van der Waals surface area contributed by atoms with E-state index in [-0.39, 0.29) is 34.1 Å². The Labute approximate surface area is 294 Å². The number of nitrogen functional groups attached to an aromatic ring is 2. The number of carboxylic acids is 4. The number of rotatable bonds is 14. The van der Waals surface area contributed by atoms with Crippen LogP contribution in [0, 0.1) is 11.8 Å². The second-order valence-corrected chi connectivity index (χ2v) is 12.8. The summed E-state index contributed by atoms with van der Waals surface area (Å²) in [4.78, 5) is 55.0. The molecule has 0 spiro atoms. The molecule has 0 amide bonds. The van der Waals surface area contributed by atoms with Gasteiger partial charge in [-0.25, -0.2) is 0 Å². The summed E-state index contributed by atoms with van der Waals surface area (Å²) >= 11 is 0. The van der Waals surface area contributed by atoms with Gasteiger partial charge in [0, 0.05) is 22.5 Å². The highest BCUT2D eigenvalue weighted by Crippen LogP contribution is 2.65. The fourth-order valence-electron chi connectivity index (χ4n) is 7.47. The number of aliphatic carboxylic acids is 4. The third-order valence-electron chi connectivity index (χ3n) is 9.62. The van der Waals surface area contributed by atoms with Crippen molar-refractivity contribution in [3.8, 4) is 23.0 Å². The maximum atomic E-state index is 14.3. The molecule has 0 aliphatic heterocycles. The molecule has 51 heavy (non-hydrogen) atoms. The van der Waals surface area contributed by atoms with Gasteiger partial charge in [-0.2, -0.15) is 0 Å². The zero-order valence-electron chi connectivity index (χ0n) is 28.2. The Bertz CT molecular complexity index is 1960. The lowest BCUT2D eigenvalue weighted by Crippen LogP contribution is -2.60. The minimum atomic E-state index is -2.97. The van der Waals surface area contributed by atoms with E-state index in [4.69, 9.17) is 20.9 Å². The molecule has 4 unspecified atom stereocenters. The molecule has 266 valence electrons. The molecule has 5 rings (SSSR count). The number of hydrogen-bond acceptors (Lipinski definition) is 8. The number of benzene rings is 4. The van der Waals surface area contributed by atoms with Crippen molar-refractivity contribution in [3.63, 3.8) is 0 Å². The van der Waals surface area contributed by atoms with Gasteiger partial charge in [0.05, 0.1) is 11.8 Å². The van der Waals surface area contributed by atoms with Crippen LogP contribution in [-0.2, 0) is 42.8 Å². The summed E-state index contributed by atoms with van der Waals surface area (Å²) in [7, 11) is 0. The Morgan fingerprint density at radius 1 is 0.647 bits per heavy atom. The number of ether oxygens (including phenoxy) is 2. The Morgan fingerprint density at radius 3 is 1.49 bits per heavy atom. The van der Waals surface area contributed by atoms with Crippen molar-refractivity contribution in [1.29, 1.82) is 0 Å². The molecular weight excluding hydrogens is 656 g/mol. The maximum absolute atomic E-state index is 14.3. The van der Waals surface area contributed by atoms with E-state index in [0.717, 1.165) is 0 Å². The summed E-state index contributed by atoms with van der Waals surface area (Å²) in [6.45, 7) is 3.80. The molecule has 1 saturated carbocycles. The van der Waals surface area contributed by atoms with E-state index in [0.29, 0.717) is 48.2 Å². The first kappa shape index (κ1) is 36.2. The second-order valence-electron chi connectivity index (χ2n) is 12.8. The van der Waals surface area contributed by atoms with Crippen molar-refractivity contribution in [3.05, 3.63) is 107 Å². The Balaban J connectivity index is 1.96. The van der Waals surface area contributed by atoms with Gasteiger partial charge in [0.15, 0.2) is 0 Å². The van der Waals surface area contributed by atoms with Crippen molar-refractivity contribution in [2.45, 2.75) is 56.8 Å². The number of carbonyl (C=O) groups is 4. The first-order valence-electron chi connectivity index (χ1n) is 16.6. The van der Waals surface area contributed by atoms with Gasteiger partial charge in [-0.05, 0) is 91.1 Å². The van der Waals surface area contributed by atoms with E-state index >= 15 is 0 Å². The average Bonchev–Trinajstić information content (AvgIpc) is 3.43. The third kappa shape index (κ3) is 6.40. The fraction of sp³-hybridized carbons (Fsp3) is 0.282. The van der Waals surface area contributed by atoms with E-state index in [2.05, 4.69) is 0 Å². The minimum absolute atomic E-state index is 0.0893. The SMILES string of the molecule is CCCc1ccc(Oc2ccc(N)cc2)c(C2(C(=O)O)CC(C(=O)O)C(C(=O)O)C2(C(=O)O)c2cc(CCC)ccc2Oc2ccc(N)cc2)c1. The van der Waals surface area contributed by atoms with Crippen LogP contribution < -0.4 is 20.9 Å². The van der Waals surface area contributed by atoms with Crippen LogP contribution in [0.2, 0.25) is 0 Å². The lowest BCUT2D eigenvalue weighted by Gasteiger charge is -2.43. The standard InChI is InChI=1S/C39H40N2O10/c1-3-5-22-7-17-31(50-26-13-9-24(40)10-14-26)29(19-22)38(36(46)47)21-28(34(42)43)33(35(44)45)39(38,37(48)49)30-20-23(6-4-2)8-18-32(30)51-27-15-11-25(41)12-16-27/h7-20,28,33H,3-6,21,40-41H2,1-2H3,(H,42,43)(H,44,45)(H,46,47)(H,48,49). The molecule has 0 saturated heterocycles. The van der Waals surface area contributed by atoms with Crippen LogP contribution in [0.3, 0.4) is 0 Å². The van der Waals surface area contributed by atoms with Crippen LogP contribution in [0.15, 0.2) is 84.9 Å². The molecule has 4 aromatic carbocycles. The molecule has 4 atom stereocenters. The van der Waals surface area contributed by atoms with E-state index in [9.17, 15) is 39.6 Å². The van der Waals surface area contributed by atoms with Crippen molar-refractivity contribution < 1.29 is 49.1 Å². The number of aryl methyl sites for hydroxylation is 2. The Kier molecular flexibility index (Phi) is 10.3. The Morgan fingerprint density at radius 2 is 1.10 bits per heavy atom. The molecule has 0 radical (unpaired) electrons. The number of nitrogens with two attached hydrogens (primary N) is 2. The number of carboxylic acid groups (broad SMARTS) is 4. The lowest BCUT2D eigenvalue weighted by atomic mass is 9.55. The second kappa shape index (κ2) is 14.4. The Hall–Kier alpha value is -6.04. The van der Waals surface area contributed by atoms with E-state index in [1.54, 1.807) is 48.5 Å². The van der Waals surface area contributed by atoms with Crippen LogP contribution in [0.4, 0.5) is 11.4 Å². The molecule has 1 aliphatic rings. The van der Waals surface area contributed by atoms with Crippen molar-refractivity contribution in [2.24, 2.45) is 11.8 Å². The zero-order chi connectivity index (χ0) is 37.1. The minimum Gasteiger partial charge on any atom is -0.481 e. The molecule has 0 heterocycles. The summed E-state index contributed by atoms with van der Waals surface area (Å²) in [5.74, 6) is -11.1. The average molecular weight is 697 g/mol. The molecule has 12 heteroatoms. The highest BCUT2D eigenvalue weighted by molar-refractivity contribution is 6.04. The van der Waals surface area contributed by atoms with Crippen molar-refractivity contribution in [2.75, 3.05) is 11.5 Å². The summed E-state index contributed by atoms with van der Waals surface area (Å²) in [5, 5.41) is 44.5. The van der Waals surface area contributed by atoms with Crippen LogP contribution in [0.1, 0.15) is 55.4 Å². The van der Waals surface area contributed by atoms with Gasteiger partial charge >= 0.3 is 23.9 Å². The predicted octanol–water partition coefficient (Wildman–Crippen LogP) is 6.49. The summed E-state index contributed by atoms with van der Waals surface area (Å²) in [6, 6.07) is 21.6. The van der Waals surface area contributed by atoms with Crippen molar-refractivity contribution >= 4 is 35.3 Å². The molecule has 4 aromatic rings. The van der Waals surface area contributed by atoms with Gasteiger partial charge in [0.25, 0.3) is 0 Å². The molecule has 0 aromatic heterocycles. The first-order valence-corrected chi connectivity index (χ1v) is 16.6. The van der Waals surface area contributed by atoms with Crippen molar-refractivity contribution in [1.82, 2.24) is 0 Å². The van der Waals surface area contributed by atoms with E-state index in [1.807, 2.05) is 13.8 Å². The highest BCUT2D eigenvalue weighted by Gasteiger charge is 2.78. The van der Waals surface area contributed by atoms with Crippen LogP contribution in [0.5, 0.6) is 23.0 Å².